The fourth-order valence-electron chi connectivity index (χ4n) is 1.18. The van der Waals surface area contributed by atoms with Gasteiger partial charge in [-0.15, -0.1) is 0 Å². The summed E-state index contributed by atoms with van der Waals surface area (Å²) < 4.78 is 32.9. The normalized spacial score (nSPS) is 12.7. The molecule has 0 radical (unpaired) electrons. The maximum Gasteiger partial charge on any atom is 0.325 e. The van der Waals surface area contributed by atoms with E-state index in [-0.39, 0.29) is 17.5 Å². The summed E-state index contributed by atoms with van der Waals surface area (Å²) in [5.74, 6) is 0. The zero-order valence-corrected chi connectivity index (χ0v) is 10.4. The van der Waals surface area contributed by atoms with E-state index in [1.54, 1.807) is 12.1 Å². The molecule has 5 nitrogen and oxygen atoms in total. The van der Waals surface area contributed by atoms with Crippen molar-refractivity contribution in [3.63, 3.8) is 0 Å². The standard InChI is InChI=1S/C9H13O5PS/c1-16(13,14)9-4-2-8(3-5-9)6-7-15(10,11)12/h2-5H,6-7H2,1H3,(H2,10,11,12). The molecule has 2 N–H and O–H groups in total. The molecule has 0 atom stereocenters. The topological polar surface area (TPSA) is 91.7 Å². The molecule has 0 aromatic heterocycles. The first-order chi connectivity index (χ1) is 7.18. The van der Waals surface area contributed by atoms with E-state index in [0.717, 1.165) is 6.26 Å². The van der Waals surface area contributed by atoms with Crippen LogP contribution >= 0.6 is 7.60 Å². The van der Waals surface area contributed by atoms with Crippen LogP contribution in [0.2, 0.25) is 0 Å². The Hall–Kier alpha value is -0.680. The van der Waals surface area contributed by atoms with Crippen molar-refractivity contribution in [2.24, 2.45) is 0 Å². The van der Waals surface area contributed by atoms with Gasteiger partial charge in [0.05, 0.1) is 11.1 Å². The molecule has 90 valence electrons. The van der Waals surface area contributed by atoms with E-state index in [0.29, 0.717) is 5.56 Å². The number of hydrogen-bond acceptors (Lipinski definition) is 3. The van der Waals surface area contributed by atoms with Crippen LogP contribution in [0.25, 0.3) is 0 Å². The highest BCUT2D eigenvalue weighted by atomic mass is 32.2. The SMILES string of the molecule is CS(=O)(=O)c1ccc(CCP(=O)(O)O)cc1. The molecule has 0 fully saturated rings. The second-order valence-corrected chi connectivity index (χ2v) is 7.35. The van der Waals surface area contributed by atoms with Crippen LogP contribution in [-0.4, -0.2) is 30.6 Å². The van der Waals surface area contributed by atoms with Crippen molar-refractivity contribution in [3.05, 3.63) is 29.8 Å². The predicted octanol–water partition coefficient (Wildman–Crippen LogP) is 0.810. The summed E-state index contributed by atoms with van der Waals surface area (Å²) >= 11 is 0. The fraction of sp³-hybridized carbons (Fsp3) is 0.333. The van der Waals surface area contributed by atoms with Gasteiger partial charge in [-0.3, -0.25) is 4.57 Å². The van der Waals surface area contributed by atoms with Gasteiger partial charge in [0.1, 0.15) is 0 Å². The molecule has 0 aliphatic rings. The third-order valence-electron chi connectivity index (χ3n) is 2.04. The number of aryl methyl sites for hydroxylation is 1. The largest absolute Gasteiger partial charge is 0.325 e. The van der Waals surface area contributed by atoms with Crippen molar-refractivity contribution in [3.8, 4) is 0 Å². The molecule has 16 heavy (non-hydrogen) atoms. The van der Waals surface area contributed by atoms with Gasteiger partial charge in [0, 0.05) is 6.26 Å². The Kier molecular flexibility index (Phi) is 3.91. The lowest BCUT2D eigenvalue weighted by molar-refractivity contribution is 0.373. The van der Waals surface area contributed by atoms with Gasteiger partial charge in [-0.2, -0.15) is 0 Å². The molecule has 0 bridgehead atoms. The first-order valence-electron chi connectivity index (χ1n) is 4.52. The van der Waals surface area contributed by atoms with Crippen molar-refractivity contribution < 1.29 is 22.8 Å². The van der Waals surface area contributed by atoms with Crippen LogP contribution in [0.5, 0.6) is 0 Å². The number of rotatable bonds is 4. The lowest BCUT2D eigenvalue weighted by Crippen LogP contribution is -1.98. The third kappa shape index (κ3) is 4.45. The lowest BCUT2D eigenvalue weighted by atomic mass is 10.2. The fourth-order valence-corrected chi connectivity index (χ4v) is 2.36. The van der Waals surface area contributed by atoms with Crippen LogP contribution in [0, 0.1) is 0 Å². The van der Waals surface area contributed by atoms with Crippen molar-refractivity contribution in [2.75, 3.05) is 12.4 Å². The summed E-state index contributed by atoms with van der Waals surface area (Å²) in [5.41, 5.74) is 0.704. The van der Waals surface area contributed by atoms with Gasteiger partial charge in [0.15, 0.2) is 9.84 Å². The van der Waals surface area contributed by atoms with Crippen LogP contribution in [0.15, 0.2) is 29.2 Å². The number of sulfone groups is 1. The lowest BCUT2D eigenvalue weighted by Gasteiger charge is -2.04. The van der Waals surface area contributed by atoms with E-state index in [1.807, 2.05) is 0 Å². The Balaban J connectivity index is 2.77. The van der Waals surface area contributed by atoms with Gasteiger partial charge in [0.25, 0.3) is 0 Å². The zero-order valence-electron chi connectivity index (χ0n) is 8.70. The Bertz CT molecular complexity index is 499. The molecular formula is C9H13O5PS. The first kappa shape index (κ1) is 13.4. The highest BCUT2D eigenvalue weighted by Gasteiger charge is 2.13. The van der Waals surface area contributed by atoms with E-state index < -0.39 is 17.4 Å². The van der Waals surface area contributed by atoms with Crippen molar-refractivity contribution >= 4 is 17.4 Å². The molecule has 0 unspecified atom stereocenters. The quantitative estimate of drug-likeness (QED) is 0.785. The van der Waals surface area contributed by atoms with Gasteiger partial charge >= 0.3 is 7.60 Å². The Morgan fingerprint density at radius 1 is 1.19 bits per heavy atom. The summed E-state index contributed by atoms with van der Waals surface area (Å²) in [5, 5.41) is 0. The number of benzene rings is 1. The minimum atomic E-state index is -3.99. The monoisotopic (exact) mass is 264 g/mol. The molecule has 0 saturated heterocycles. The second-order valence-electron chi connectivity index (χ2n) is 3.55. The summed E-state index contributed by atoms with van der Waals surface area (Å²) in [4.78, 5) is 17.6. The maximum absolute atomic E-state index is 11.1. The van der Waals surface area contributed by atoms with E-state index in [9.17, 15) is 13.0 Å². The summed E-state index contributed by atoms with van der Waals surface area (Å²) in [7, 11) is -7.21. The van der Waals surface area contributed by atoms with E-state index in [1.165, 1.54) is 12.1 Å². The highest BCUT2D eigenvalue weighted by Crippen LogP contribution is 2.34. The van der Waals surface area contributed by atoms with E-state index in [4.69, 9.17) is 9.79 Å². The predicted molar refractivity (Wildman–Crippen MR) is 60.2 cm³/mol. The van der Waals surface area contributed by atoms with Gasteiger partial charge in [-0.25, -0.2) is 8.42 Å². The molecule has 0 saturated carbocycles. The summed E-state index contributed by atoms with van der Waals surface area (Å²) in [6.07, 6.45) is 1.11. The molecule has 0 heterocycles. The number of hydrogen-bond donors (Lipinski definition) is 2. The van der Waals surface area contributed by atoms with Gasteiger partial charge in [0.2, 0.25) is 0 Å². The molecule has 1 aromatic carbocycles. The minimum absolute atomic E-state index is 0.201. The van der Waals surface area contributed by atoms with Gasteiger partial charge < -0.3 is 9.79 Å². The van der Waals surface area contributed by atoms with Crippen LogP contribution < -0.4 is 0 Å². The van der Waals surface area contributed by atoms with Crippen LogP contribution in [0.3, 0.4) is 0 Å². The van der Waals surface area contributed by atoms with Crippen LogP contribution in [0.4, 0.5) is 0 Å². The molecule has 0 amide bonds. The average molecular weight is 264 g/mol. The molecule has 0 aliphatic heterocycles. The van der Waals surface area contributed by atoms with Crippen molar-refractivity contribution in [2.45, 2.75) is 11.3 Å². The third-order valence-corrected chi connectivity index (χ3v) is 3.98. The molecule has 7 heteroatoms. The average Bonchev–Trinajstić information content (AvgIpc) is 2.13. The Labute approximate surface area is 94.2 Å². The molecule has 1 rings (SSSR count). The van der Waals surface area contributed by atoms with E-state index in [2.05, 4.69) is 0 Å². The molecule has 0 spiro atoms. The second kappa shape index (κ2) is 4.67. The summed E-state index contributed by atoms with van der Waals surface area (Å²) in [6, 6.07) is 5.99. The zero-order chi connectivity index (χ0) is 12.4. The van der Waals surface area contributed by atoms with Crippen LogP contribution in [-0.2, 0) is 20.8 Å². The van der Waals surface area contributed by atoms with Crippen LogP contribution in [0.1, 0.15) is 5.56 Å². The highest BCUT2D eigenvalue weighted by molar-refractivity contribution is 7.90. The maximum atomic E-state index is 11.1. The van der Waals surface area contributed by atoms with Gasteiger partial charge in [-0.1, -0.05) is 12.1 Å². The van der Waals surface area contributed by atoms with E-state index >= 15 is 0 Å². The molecular weight excluding hydrogens is 251 g/mol. The first-order valence-corrected chi connectivity index (χ1v) is 8.21. The molecule has 1 aromatic rings. The van der Waals surface area contributed by atoms with Gasteiger partial charge in [-0.05, 0) is 24.1 Å². The smallest absolute Gasteiger partial charge is 0.324 e. The van der Waals surface area contributed by atoms with Crippen molar-refractivity contribution in [1.82, 2.24) is 0 Å². The minimum Gasteiger partial charge on any atom is -0.324 e. The molecule has 0 aliphatic carbocycles. The van der Waals surface area contributed by atoms with Crippen molar-refractivity contribution in [1.29, 1.82) is 0 Å². The summed E-state index contributed by atoms with van der Waals surface area (Å²) in [6.45, 7) is 0. The Morgan fingerprint density at radius 3 is 2.06 bits per heavy atom. The Morgan fingerprint density at radius 2 is 1.69 bits per heavy atom.